The summed E-state index contributed by atoms with van der Waals surface area (Å²) in [6.07, 6.45) is 0.474. The van der Waals surface area contributed by atoms with Gasteiger partial charge in [-0.15, -0.1) is 0 Å². The summed E-state index contributed by atoms with van der Waals surface area (Å²) in [4.78, 5) is 32.3. The summed E-state index contributed by atoms with van der Waals surface area (Å²) in [5, 5.41) is 3.47. The Bertz CT molecular complexity index is 1320. The summed E-state index contributed by atoms with van der Waals surface area (Å²) >= 11 is 5.87. The van der Waals surface area contributed by atoms with E-state index in [1.807, 2.05) is 73.0 Å². The molecule has 1 aromatic heterocycles. The Balaban J connectivity index is 1.43. The number of anilines is 1. The van der Waals surface area contributed by atoms with Crippen LogP contribution in [0.25, 0.3) is 11.0 Å². The lowest BCUT2D eigenvalue weighted by Gasteiger charge is -2.27. The molecule has 4 aromatic rings. The number of carbonyl (C=O) groups is 2. The van der Waals surface area contributed by atoms with Crippen molar-refractivity contribution in [1.82, 2.24) is 14.9 Å². The van der Waals surface area contributed by atoms with Gasteiger partial charge in [0.1, 0.15) is 18.1 Å². The summed E-state index contributed by atoms with van der Waals surface area (Å²) in [5.74, 6) is 1.04. The molecule has 0 unspecified atom stereocenters. The van der Waals surface area contributed by atoms with E-state index in [2.05, 4.69) is 5.32 Å². The molecule has 7 nitrogen and oxygen atoms in total. The third-order valence-corrected chi connectivity index (χ3v) is 5.95. The van der Waals surface area contributed by atoms with Crippen LogP contribution in [0.2, 0.25) is 5.02 Å². The van der Waals surface area contributed by atoms with E-state index in [1.54, 1.807) is 29.2 Å². The van der Waals surface area contributed by atoms with Crippen molar-refractivity contribution in [3.8, 4) is 5.75 Å². The first kappa shape index (κ1) is 25.3. The van der Waals surface area contributed by atoms with Gasteiger partial charge in [-0.1, -0.05) is 41.9 Å². The van der Waals surface area contributed by atoms with E-state index >= 15 is 0 Å². The second-order valence-electron chi connectivity index (χ2n) is 8.64. The zero-order chi connectivity index (χ0) is 25.5. The van der Waals surface area contributed by atoms with Crippen molar-refractivity contribution in [3.05, 3.63) is 89.7 Å². The number of ether oxygens (including phenoxy) is 1. The molecule has 1 N–H and O–H groups in total. The zero-order valence-electron chi connectivity index (χ0n) is 20.4. The fourth-order valence-corrected chi connectivity index (χ4v) is 4.19. The molecule has 186 valence electrons. The van der Waals surface area contributed by atoms with Crippen molar-refractivity contribution in [1.29, 1.82) is 0 Å². The molecule has 2 amide bonds. The van der Waals surface area contributed by atoms with Crippen LogP contribution in [0.1, 0.15) is 19.7 Å². The molecule has 0 spiro atoms. The fourth-order valence-electron chi connectivity index (χ4n) is 4.07. The van der Waals surface area contributed by atoms with E-state index < -0.39 is 0 Å². The van der Waals surface area contributed by atoms with E-state index in [0.717, 1.165) is 22.5 Å². The van der Waals surface area contributed by atoms with Crippen molar-refractivity contribution in [2.45, 2.75) is 32.9 Å². The number of hydrogen-bond donors (Lipinski definition) is 1. The van der Waals surface area contributed by atoms with Gasteiger partial charge in [0.25, 0.3) is 5.91 Å². The lowest BCUT2D eigenvalue weighted by Crippen LogP contribution is -2.39. The van der Waals surface area contributed by atoms with Crippen molar-refractivity contribution >= 4 is 40.1 Å². The predicted molar refractivity (Wildman–Crippen MR) is 142 cm³/mol. The molecule has 0 atom stereocenters. The largest absolute Gasteiger partial charge is 0.484 e. The average molecular weight is 505 g/mol. The maximum Gasteiger partial charge on any atom is 0.257 e. The number of imidazole rings is 1. The van der Waals surface area contributed by atoms with Crippen molar-refractivity contribution < 1.29 is 14.3 Å². The van der Waals surface area contributed by atoms with Gasteiger partial charge in [0.05, 0.1) is 11.0 Å². The lowest BCUT2D eigenvalue weighted by molar-refractivity contribution is -0.123. The third-order valence-electron chi connectivity index (χ3n) is 5.70. The minimum Gasteiger partial charge on any atom is -0.484 e. The average Bonchev–Trinajstić information content (AvgIpc) is 3.21. The summed E-state index contributed by atoms with van der Waals surface area (Å²) < 4.78 is 7.44. The molecule has 0 aliphatic carbocycles. The first-order valence-electron chi connectivity index (χ1n) is 11.9. The van der Waals surface area contributed by atoms with Crippen LogP contribution < -0.4 is 15.0 Å². The number of nitrogens with one attached hydrogen (secondary N) is 1. The standard InChI is InChI=1S/C28H29ClN4O3/c1-20(2)33(22-8-4-3-5-9-22)28(35)18-32-25-11-7-6-10-24(25)31-26(32)16-17-30-27(34)19-36-23-14-12-21(29)13-15-23/h3-15,20H,16-19H2,1-2H3,(H,30,34). The molecule has 3 aromatic carbocycles. The Labute approximate surface area is 215 Å². The van der Waals surface area contributed by atoms with Gasteiger partial charge >= 0.3 is 0 Å². The third kappa shape index (κ3) is 6.23. The first-order valence-corrected chi connectivity index (χ1v) is 12.3. The van der Waals surface area contributed by atoms with Gasteiger partial charge in [-0.25, -0.2) is 4.98 Å². The quantitative estimate of drug-likeness (QED) is 0.334. The molecular weight excluding hydrogens is 476 g/mol. The van der Waals surface area contributed by atoms with Gasteiger partial charge < -0.3 is 19.5 Å². The zero-order valence-corrected chi connectivity index (χ0v) is 21.1. The molecule has 36 heavy (non-hydrogen) atoms. The highest BCUT2D eigenvalue weighted by atomic mass is 35.5. The van der Waals surface area contributed by atoms with Gasteiger partial charge in [-0.2, -0.15) is 0 Å². The summed E-state index contributed by atoms with van der Waals surface area (Å²) in [5.41, 5.74) is 2.56. The van der Waals surface area contributed by atoms with Crippen LogP contribution in [0.3, 0.4) is 0 Å². The maximum absolute atomic E-state index is 13.5. The molecule has 0 bridgehead atoms. The molecule has 0 aliphatic heterocycles. The minimum absolute atomic E-state index is 0.00179. The number of hydrogen-bond acceptors (Lipinski definition) is 4. The van der Waals surface area contributed by atoms with Crippen LogP contribution in [0, 0.1) is 0 Å². The van der Waals surface area contributed by atoms with E-state index in [1.165, 1.54) is 0 Å². The Kier molecular flexibility index (Phi) is 8.23. The van der Waals surface area contributed by atoms with Crippen molar-refractivity contribution in [2.24, 2.45) is 0 Å². The number of rotatable bonds is 10. The Morgan fingerprint density at radius 2 is 1.69 bits per heavy atom. The monoisotopic (exact) mass is 504 g/mol. The summed E-state index contributed by atoms with van der Waals surface area (Å²) in [6, 6.07) is 24.2. The molecule has 0 saturated carbocycles. The molecule has 1 heterocycles. The number of aromatic nitrogens is 2. The number of halogens is 1. The van der Waals surface area contributed by atoms with Crippen molar-refractivity contribution in [3.63, 3.8) is 0 Å². The highest BCUT2D eigenvalue weighted by Gasteiger charge is 2.22. The van der Waals surface area contributed by atoms with Crippen LogP contribution in [-0.4, -0.2) is 40.6 Å². The van der Waals surface area contributed by atoms with E-state index in [4.69, 9.17) is 21.3 Å². The Morgan fingerprint density at radius 1 is 1.00 bits per heavy atom. The second kappa shape index (κ2) is 11.7. The molecule has 0 radical (unpaired) electrons. The van der Waals surface area contributed by atoms with Gasteiger partial charge in [-0.05, 0) is 62.4 Å². The van der Waals surface area contributed by atoms with Gasteiger partial charge in [0, 0.05) is 29.7 Å². The SMILES string of the molecule is CC(C)N(C(=O)Cn1c(CCNC(=O)COc2ccc(Cl)cc2)nc2ccccc21)c1ccccc1. The number of fused-ring (bicyclic) bond motifs is 1. The summed E-state index contributed by atoms with van der Waals surface area (Å²) in [7, 11) is 0. The molecule has 8 heteroatoms. The highest BCUT2D eigenvalue weighted by molar-refractivity contribution is 6.30. The van der Waals surface area contributed by atoms with E-state index in [0.29, 0.717) is 23.7 Å². The number of benzene rings is 3. The molecule has 4 rings (SSSR count). The predicted octanol–water partition coefficient (Wildman–Crippen LogP) is 4.87. The normalized spacial score (nSPS) is 11.0. The first-order chi connectivity index (χ1) is 17.4. The second-order valence-corrected chi connectivity index (χ2v) is 9.07. The van der Waals surface area contributed by atoms with Crippen LogP contribution in [0.4, 0.5) is 5.69 Å². The fraction of sp³-hybridized carbons (Fsp3) is 0.250. The van der Waals surface area contributed by atoms with E-state index in [-0.39, 0.29) is 31.0 Å². The maximum atomic E-state index is 13.5. The number of nitrogens with zero attached hydrogens (tertiary/aromatic N) is 3. The number of carbonyl (C=O) groups excluding carboxylic acids is 2. The molecule has 0 fully saturated rings. The number of para-hydroxylation sites is 3. The Morgan fingerprint density at radius 3 is 2.42 bits per heavy atom. The molecule has 0 saturated heterocycles. The van der Waals surface area contributed by atoms with E-state index in [9.17, 15) is 9.59 Å². The smallest absolute Gasteiger partial charge is 0.257 e. The highest BCUT2D eigenvalue weighted by Crippen LogP contribution is 2.21. The van der Waals surface area contributed by atoms with Crippen molar-refractivity contribution in [2.75, 3.05) is 18.1 Å². The van der Waals surface area contributed by atoms with Gasteiger partial charge in [0.15, 0.2) is 6.61 Å². The Hall–Kier alpha value is -3.84. The van der Waals surface area contributed by atoms with Crippen LogP contribution in [-0.2, 0) is 22.6 Å². The van der Waals surface area contributed by atoms with Crippen LogP contribution in [0.15, 0.2) is 78.9 Å². The molecular formula is C28H29ClN4O3. The summed E-state index contributed by atoms with van der Waals surface area (Å²) in [6.45, 7) is 4.42. The number of amides is 2. The minimum atomic E-state index is -0.237. The van der Waals surface area contributed by atoms with Gasteiger partial charge in [-0.3, -0.25) is 9.59 Å². The van der Waals surface area contributed by atoms with Crippen LogP contribution >= 0.6 is 11.6 Å². The van der Waals surface area contributed by atoms with Crippen LogP contribution in [0.5, 0.6) is 5.75 Å². The topological polar surface area (TPSA) is 76.5 Å². The molecule has 0 aliphatic rings. The lowest BCUT2D eigenvalue weighted by atomic mass is 10.2. The van der Waals surface area contributed by atoms with Gasteiger partial charge in [0.2, 0.25) is 5.91 Å².